The van der Waals surface area contributed by atoms with Crippen LogP contribution in [0.3, 0.4) is 0 Å². The highest BCUT2D eigenvalue weighted by molar-refractivity contribution is 6.31. The highest BCUT2D eigenvalue weighted by Crippen LogP contribution is 2.27. The number of aliphatic carboxylic acids is 1. The second-order valence-electron chi connectivity index (χ2n) is 5.73. The highest BCUT2D eigenvalue weighted by Gasteiger charge is 2.26. The van der Waals surface area contributed by atoms with E-state index in [1.807, 2.05) is 0 Å². The van der Waals surface area contributed by atoms with E-state index in [1.165, 1.54) is 13.1 Å². The number of aliphatic imine (C=N–C) groups is 1. The minimum absolute atomic E-state index is 0.263. The van der Waals surface area contributed by atoms with Gasteiger partial charge >= 0.3 is 5.97 Å². The van der Waals surface area contributed by atoms with E-state index < -0.39 is 17.9 Å². The fourth-order valence-electron chi connectivity index (χ4n) is 2.31. The molecule has 26 heavy (non-hydrogen) atoms. The predicted octanol–water partition coefficient (Wildman–Crippen LogP) is 3.10. The van der Waals surface area contributed by atoms with Gasteiger partial charge < -0.3 is 16.2 Å². The number of nitrogens with zero attached hydrogens (tertiary/aromatic N) is 2. The van der Waals surface area contributed by atoms with Gasteiger partial charge in [-0.25, -0.2) is 4.98 Å². The Morgan fingerprint density at radius 2 is 2.08 bits per heavy atom. The number of rotatable bonds is 6. The van der Waals surface area contributed by atoms with Crippen LogP contribution in [0.1, 0.15) is 24.1 Å². The second-order valence-corrected chi connectivity index (χ2v) is 6.13. The van der Waals surface area contributed by atoms with Crippen LogP contribution in [0.25, 0.3) is 0 Å². The standard InChI is InChI=1S/C18H19ClN4O3/c1-10-8-22-16(23-11(2)24)7-15(10)21-9-13(18(25)26)17(20)12-5-3-4-6-14(12)19/h3-9,13,17H,20H2,1-2H3,(H,25,26)(H,22,23,24). The number of carboxylic acids is 1. The third-order valence-corrected chi connectivity index (χ3v) is 4.03. The lowest BCUT2D eigenvalue weighted by atomic mass is 9.94. The first-order valence-electron chi connectivity index (χ1n) is 7.81. The van der Waals surface area contributed by atoms with Crippen molar-refractivity contribution in [1.29, 1.82) is 0 Å². The van der Waals surface area contributed by atoms with Crippen LogP contribution in [0.15, 0.2) is 41.5 Å². The van der Waals surface area contributed by atoms with Crippen LogP contribution >= 0.6 is 11.6 Å². The Morgan fingerprint density at radius 1 is 1.38 bits per heavy atom. The van der Waals surface area contributed by atoms with E-state index in [2.05, 4.69) is 15.3 Å². The SMILES string of the molecule is CC(=O)Nc1cc(N=CC(C(=O)O)C(N)c2ccccc2Cl)c(C)cn1. The molecule has 4 N–H and O–H groups in total. The molecule has 0 saturated heterocycles. The minimum atomic E-state index is -1.12. The zero-order chi connectivity index (χ0) is 19.3. The smallest absolute Gasteiger partial charge is 0.313 e. The van der Waals surface area contributed by atoms with Crippen LogP contribution in [0, 0.1) is 12.8 Å². The fraction of sp³-hybridized carbons (Fsp3) is 0.222. The monoisotopic (exact) mass is 374 g/mol. The van der Waals surface area contributed by atoms with Crippen molar-refractivity contribution in [3.8, 4) is 0 Å². The summed E-state index contributed by atoms with van der Waals surface area (Å²) >= 11 is 6.11. The van der Waals surface area contributed by atoms with Crippen LogP contribution in [-0.4, -0.2) is 28.2 Å². The Balaban J connectivity index is 2.31. The van der Waals surface area contributed by atoms with Gasteiger partial charge in [0.05, 0.1) is 5.69 Å². The van der Waals surface area contributed by atoms with E-state index in [9.17, 15) is 14.7 Å². The lowest BCUT2D eigenvalue weighted by molar-refractivity contribution is -0.139. The lowest BCUT2D eigenvalue weighted by Gasteiger charge is -2.18. The number of pyridine rings is 1. The van der Waals surface area contributed by atoms with Gasteiger partial charge in [0.1, 0.15) is 11.7 Å². The third kappa shape index (κ3) is 4.87. The molecule has 7 nitrogen and oxygen atoms in total. The molecule has 0 aliphatic rings. The quantitative estimate of drug-likeness (QED) is 0.671. The van der Waals surface area contributed by atoms with E-state index in [-0.39, 0.29) is 5.91 Å². The Morgan fingerprint density at radius 3 is 2.69 bits per heavy atom. The Hall–Kier alpha value is -2.77. The molecule has 1 heterocycles. The highest BCUT2D eigenvalue weighted by atomic mass is 35.5. The zero-order valence-electron chi connectivity index (χ0n) is 14.3. The summed E-state index contributed by atoms with van der Waals surface area (Å²) in [5.41, 5.74) is 7.85. The topological polar surface area (TPSA) is 118 Å². The zero-order valence-corrected chi connectivity index (χ0v) is 15.1. The molecule has 0 aliphatic heterocycles. The van der Waals surface area contributed by atoms with Crippen molar-refractivity contribution >= 4 is 41.2 Å². The van der Waals surface area contributed by atoms with Crippen molar-refractivity contribution in [1.82, 2.24) is 4.98 Å². The van der Waals surface area contributed by atoms with Crippen LogP contribution < -0.4 is 11.1 Å². The minimum Gasteiger partial charge on any atom is -0.481 e. The average Bonchev–Trinajstić information content (AvgIpc) is 2.57. The van der Waals surface area contributed by atoms with Crippen molar-refractivity contribution in [2.45, 2.75) is 19.9 Å². The number of anilines is 1. The Kier molecular flexibility index (Phi) is 6.43. The van der Waals surface area contributed by atoms with E-state index >= 15 is 0 Å². The molecular formula is C18H19ClN4O3. The van der Waals surface area contributed by atoms with E-state index in [4.69, 9.17) is 17.3 Å². The number of aromatic nitrogens is 1. The number of nitrogens with one attached hydrogen (secondary N) is 1. The molecule has 1 aromatic heterocycles. The molecule has 0 spiro atoms. The molecule has 0 bridgehead atoms. The molecular weight excluding hydrogens is 356 g/mol. The van der Waals surface area contributed by atoms with Gasteiger partial charge in [0.25, 0.3) is 0 Å². The molecule has 136 valence electrons. The molecule has 0 radical (unpaired) electrons. The fourth-order valence-corrected chi connectivity index (χ4v) is 2.57. The van der Waals surface area contributed by atoms with Crippen molar-refractivity contribution in [3.05, 3.63) is 52.7 Å². The van der Waals surface area contributed by atoms with Crippen LogP contribution in [0.2, 0.25) is 5.02 Å². The predicted molar refractivity (Wildman–Crippen MR) is 101 cm³/mol. The van der Waals surface area contributed by atoms with Crippen molar-refractivity contribution in [2.75, 3.05) is 5.32 Å². The van der Waals surface area contributed by atoms with Gasteiger partial charge in [-0.1, -0.05) is 29.8 Å². The Labute approximate surface area is 155 Å². The summed E-state index contributed by atoms with van der Waals surface area (Å²) in [5, 5.41) is 12.5. The molecule has 1 amide bonds. The van der Waals surface area contributed by atoms with Crippen LogP contribution in [-0.2, 0) is 9.59 Å². The van der Waals surface area contributed by atoms with Gasteiger partial charge in [0.15, 0.2) is 0 Å². The van der Waals surface area contributed by atoms with E-state index in [1.54, 1.807) is 43.5 Å². The molecule has 0 aliphatic carbocycles. The number of carbonyl (C=O) groups excluding carboxylic acids is 1. The number of benzene rings is 1. The number of halogens is 1. The maximum absolute atomic E-state index is 11.7. The number of hydrogen-bond donors (Lipinski definition) is 3. The van der Waals surface area contributed by atoms with Gasteiger partial charge in [-0.15, -0.1) is 0 Å². The number of carboxylic acid groups (broad SMARTS) is 1. The normalized spacial score (nSPS) is 13.4. The average molecular weight is 375 g/mol. The van der Waals surface area contributed by atoms with Gasteiger partial charge in [0.2, 0.25) is 5.91 Å². The molecule has 2 atom stereocenters. The van der Waals surface area contributed by atoms with E-state index in [0.29, 0.717) is 22.1 Å². The number of carbonyl (C=O) groups is 2. The summed E-state index contributed by atoms with van der Waals surface area (Å²) in [5.74, 6) is -2.13. The number of hydrogen-bond acceptors (Lipinski definition) is 5. The van der Waals surface area contributed by atoms with Crippen molar-refractivity contribution in [3.63, 3.8) is 0 Å². The molecule has 0 fully saturated rings. The summed E-state index contributed by atoms with van der Waals surface area (Å²) < 4.78 is 0. The Bertz CT molecular complexity index is 854. The molecule has 2 aromatic rings. The molecule has 2 rings (SSSR count). The van der Waals surface area contributed by atoms with Gasteiger partial charge in [-0.3, -0.25) is 14.6 Å². The molecule has 1 aromatic carbocycles. The molecule has 0 saturated carbocycles. The number of aryl methyl sites for hydroxylation is 1. The summed E-state index contributed by atoms with van der Waals surface area (Å²) in [4.78, 5) is 31.1. The molecule has 2 unspecified atom stereocenters. The third-order valence-electron chi connectivity index (χ3n) is 3.69. The summed E-state index contributed by atoms with van der Waals surface area (Å²) in [6, 6.07) is 7.52. The summed E-state index contributed by atoms with van der Waals surface area (Å²) in [7, 11) is 0. The first-order valence-corrected chi connectivity index (χ1v) is 8.18. The maximum Gasteiger partial charge on any atom is 0.313 e. The number of nitrogens with two attached hydrogens (primary N) is 1. The largest absolute Gasteiger partial charge is 0.481 e. The maximum atomic E-state index is 11.7. The van der Waals surface area contributed by atoms with E-state index in [0.717, 1.165) is 5.56 Å². The lowest BCUT2D eigenvalue weighted by Crippen LogP contribution is -2.29. The second kappa shape index (κ2) is 8.55. The van der Waals surface area contributed by atoms with Crippen molar-refractivity contribution in [2.24, 2.45) is 16.6 Å². The summed E-state index contributed by atoms with van der Waals surface area (Å²) in [6.07, 6.45) is 2.82. The first-order chi connectivity index (χ1) is 12.3. The molecule has 8 heteroatoms. The van der Waals surface area contributed by atoms with Crippen LogP contribution in [0.5, 0.6) is 0 Å². The van der Waals surface area contributed by atoms with Crippen molar-refractivity contribution < 1.29 is 14.7 Å². The van der Waals surface area contributed by atoms with Gasteiger partial charge in [0, 0.05) is 36.5 Å². The van der Waals surface area contributed by atoms with Crippen LogP contribution in [0.4, 0.5) is 11.5 Å². The van der Waals surface area contributed by atoms with Gasteiger partial charge in [-0.05, 0) is 24.1 Å². The summed E-state index contributed by atoms with van der Waals surface area (Å²) in [6.45, 7) is 3.15. The van der Waals surface area contributed by atoms with Gasteiger partial charge in [-0.2, -0.15) is 0 Å². The first kappa shape index (κ1) is 19.6. The number of amides is 1.